The average molecular weight is 422 g/mol. The van der Waals surface area contributed by atoms with Crippen molar-refractivity contribution >= 4 is 40.7 Å². The summed E-state index contributed by atoms with van der Waals surface area (Å²) in [6.45, 7) is 7.49. The van der Waals surface area contributed by atoms with E-state index in [9.17, 15) is 14.5 Å². The molecule has 0 radical (unpaired) electrons. The Labute approximate surface area is 174 Å². The standard InChI is InChI=1S/C20H21Cl2N3O3/c1-5-24(18(26)13-6-9-15(23-28)10-7-13)25(20(2,3)4)19(27)16-11-8-14(21)12-17(16)22/h6-12H,5H2,1-4H3. The smallest absolute Gasteiger partial charge is 0.267 e. The summed E-state index contributed by atoms with van der Waals surface area (Å²) in [5.41, 5.74) is 0.0817. The largest absolute Gasteiger partial charge is 0.274 e. The van der Waals surface area contributed by atoms with Crippen molar-refractivity contribution in [2.75, 3.05) is 6.54 Å². The first-order valence-corrected chi connectivity index (χ1v) is 9.40. The zero-order chi connectivity index (χ0) is 21.1. The molecular formula is C20H21Cl2N3O3. The zero-order valence-corrected chi connectivity index (χ0v) is 17.6. The lowest BCUT2D eigenvalue weighted by Gasteiger charge is -2.43. The maximum Gasteiger partial charge on any atom is 0.274 e. The molecule has 0 aromatic heterocycles. The number of benzene rings is 2. The van der Waals surface area contributed by atoms with Crippen molar-refractivity contribution in [3.05, 3.63) is 68.5 Å². The molecule has 0 N–H and O–H groups in total. The number of amides is 2. The fraction of sp³-hybridized carbons (Fsp3) is 0.300. The van der Waals surface area contributed by atoms with Gasteiger partial charge in [-0.25, -0.2) is 10.0 Å². The Hall–Kier alpha value is -2.44. The SMILES string of the molecule is CCN(C(=O)c1ccc(N=O)cc1)N(C(=O)c1ccc(Cl)cc1Cl)C(C)(C)C. The van der Waals surface area contributed by atoms with E-state index in [4.69, 9.17) is 23.2 Å². The van der Waals surface area contributed by atoms with Gasteiger partial charge in [-0.05, 0) is 75.3 Å². The fourth-order valence-corrected chi connectivity index (χ4v) is 3.23. The molecule has 2 amide bonds. The first-order chi connectivity index (χ1) is 13.1. The minimum atomic E-state index is -0.712. The second kappa shape index (κ2) is 8.71. The third kappa shape index (κ3) is 4.69. The summed E-state index contributed by atoms with van der Waals surface area (Å²) in [6.07, 6.45) is 0. The molecule has 0 saturated heterocycles. The van der Waals surface area contributed by atoms with E-state index < -0.39 is 11.4 Å². The Morgan fingerprint density at radius 3 is 2.07 bits per heavy atom. The van der Waals surface area contributed by atoms with Crippen molar-refractivity contribution in [1.29, 1.82) is 0 Å². The predicted molar refractivity (Wildman–Crippen MR) is 111 cm³/mol. The van der Waals surface area contributed by atoms with Gasteiger partial charge in [0.25, 0.3) is 11.8 Å². The van der Waals surface area contributed by atoms with E-state index in [0.717, 1.165) is 0 Å². The monoisotopic (exact) mass is 421 g/mol. The maximum absolute atomic E-state index is 13.3. The van der Waals surface area contributed by atoms with E-state index in [-0.39, 0.29) is 28.7 Å². The molecule has 6 nitrogen and oxygen atoms in total. The number of carbonyl (C=O) groups is 2. The Kier molecular flexibility index (Phi) is 6.80. The lowest BCUT2D eigenvalue weighted by atomic mass is 10.1. The van der Waals surface area contributed by atoms with Crippen molar-refractivity contribution < 1.29 is 9.59 Å². The third-order valence-electron chi connectivity index (χ3n) is 3.98. The predicted octanol–water partition coefficient (Wildman–Crippen LogP) is 5.71. The highest BCUT2D eigenvalue weighted by molar-refractivity contribution is 6.36. The van der Waals surface area contributed by atoms with Crippen LogP contribution < -0.4 is 0 Å². The Morgan fingerprint density at radius 1 is 1.00 bits per heavy atom. The van der Waals surface area contributed by atoms with Crippen molar-refractivity contribution in [3.8, 4) is 0 Å². The molecule has 0 spiro atoms. The summed E-state index contributed by atoms with van der Waals surface area (Å²) in [5, 5.41) is 6.19. The highest BCUT2D eigenvalue weighted by Gasteiger charge is 2.36. The summed E-state index contributed by atoms with van der Waals surface area (Å²) in [6, 6.07) is 10.5. The molecule has 0 atom stereocenters. The molecule has 2 aromatic carbocycles. The first kappa shape index (κ1) is 21.9. The van der Waals surface area contributed by atoms with Crippen LogP contribution in [-0.4, -0.2) is 33.9 Å². The Morgan fingerprint density at radius 2 is 1.61 bits per heavy atom. The van der Waals surface area contributed by atoms with Crippen LogP contribution in [0.2, 0.25) is 10.0 Å². The van der Waals surface area contributed by atoms with Crippen LogP contribution in [-0.2, 0) is 0 Å². The second-order valence-electron chi connectivity index (χ2n) is 7.07. The van der Waals surface area contributed by atoms with Crippen LogP contribution in [0.4, 0.5) is 5.69 Å². The number of hydrogen-bond donors (Lipinski definition) is 0. The quantitative estimate of drug-likeness (QED) is 0.468. The van der Waals surface area contributed by atoms with E-state index in [1.54, 1.807) is 13.0 Å². The zero-order valence-electron chi connectivity index (χ0n) is 16.1. The van der Waals surface area contributed by atoms with Crippen LogP contribution in [0.25, 0.3) is 0 Å². The first-order valence-electron chi connectivity index (χ1n) is 8.65. The molecule has 28 heavy (non-hydrogen) atoms. The molecule has 0 saturated carbocycles. The maximum atomic E-state index is 13.3. The van der Waals surface area contributed by atoms with Gasteiger partial charge in [-0.3, -0.25) is 9.59 Å². The third-order valence-corrected chi connectivity index (χ3v) is 4.53. The molecule has 0 aliphatic carbocycles. The second-order valence-corrected chi connectivity index (χ2v) is 7.91. The van der Waals surface area contributed by atoms with Crippen LogP contribution in [0.3, 0.4) is 0 Å². The molecule has 0 aliphatic heterocycles. The van der Waals surface area contributed by atoms with Gasteiger partial charge in [-0.2, -0.15) is 0 Å². The van der Waals surface area contributed by atoms with Crippen LogP contribution in [0.5, 0.6) is 0 Å². The number of nitrogens with zero attached hydrogens (tertiary/aromatic N) is 3. The topological polar surface area (TPSA) is 70.1 Å². The van der Waals surface area contributed by atoms with Crippen molar-refractivity contribution in [3.63, 3.8) is 0 Å². The Balaban J connectivity index is 2.47. The van der Waals surface area contributed by atoms with E-state index in [0.29, 0.717) is 10.6 Å². The van der Waals surface area contributed by atoms with Gasteiger partial charge in [0.15, 0.2) is 0 Å². The fourth-order valence-electron chi connectivity index (χ4n) is 2.74. The summed E-state index contributed by atoms with van der Waals surface area (Å²) in [5.74, 6) is -0.802. The van der Waals surface area contributed by atoms with Crippen molar-refractivity contribution in [2.24, 2.45) is 5.18 Å². The molecule has 2 aromatic rings. The minimum Gasteiger partial charge on any atom is -0.267 e. The molecule has 148 valence electrons. The normalized spacial score (nSPS) is 11.1. The summed E-state index contributed by atoms with van der Waals surface area (Å²) >= 11 is 12.2. The molecule has 0 unspecified atom stereocenters. The number of nitroso groups, excluding NO2 is 1. The van der Waals surface area contributed by atoms with Gasteiger partial charge in [0, 0.05) is 17.1 Å². The molecular weight excluding hydrogens is 401 g/mol. The van der Waals surface area contributed by atoms with Crippen LogP contribution in [0, 0.1) is 4.91 Å². The molecule has 0 aliphatic rings. The summed E-state index contributed by atoms with van der Waals surface area (Å²) in [7, 11) is 0. The Bertz CT molecular complexity index is 893. The van der Waals surface area contributed by atoms with Gasteiger partial charge >= 0.3 is 0 Å². The van der Waals surface area contributed by atoms with Crippen LogP contribution in [0.15, 0.2) is 47.6 Å². The molecule has 0 fully saturated rings. The number of rotatable bonds is 4. The van der Waals surface area contributed by atoms with E-state index in [2.05, 4.69) is 5.18 Å². The number of hydrazine groups is 1. The van der Waals surface area contributed by atoms with E-state index in [1.807, 2.05) is 20.8 Å². The van der Waals surface area contributed by atoms with E-state index >= 15 is 0 Å². The lowest BCUT2D eigenvalue weighted by molar-refractivity contribution is -0.0410. The van der Waals surface area contributed by atoms with E-state index in [1.165, 1.54) is 46.4 Å². The van der Waals surface area contributed by atoms with Gasteiger partial charge in [0.05, 0.1) is 16.1 Å². The van der Waals surface area contributed by atoms with Gasteiger partial charge in [0.1, 0.15) is 5.69 Å². The van der Waals surface area contributed by atoms with Crippen LogP contribution >= 0.6 is 23.2 Å². The number of carbonyl (C=O) groups excluding carboxylic acids is 2. The van der Waals surface area contributed by atoms with Gasteiger partial charge in [-0.15, -0.1) is 4.91 Å². The van der Waals surface area contributed by atoms with Crippen molar-refractivity contribution in [1.82, 2.24) is 10.0 Å². The molecule has 2 rings (SSSR count). The highest BCUT2D eigenvalue weighted by atomic mass is 35.5. The number of halogens is 2. The van der Waals surface area contributed by atoms with Crippen LogP contribution in [0.1, 0.15) is 48.4 Å². The molecule has 8 heteroatoms. The highest BCUT2D eigenvalue weighted by Crippen LogP contribution is 2.27. The van der Waals surface area contributed by atoms with Crippen molar-refractivity contribution in [2.45, 2.75) is 33.2 Å². The summed E-state index contributed by atoms with van der Waals surface area (Å²) < 4.78 is 0. The molecule has 0 heterocycles. The minimum absolute atomic E-state index is 0.205. The van der Waals surface area contributed by atoms with Gasteiger partial charge < -0.3 is 0 Å². The molecule has 0 bridgehead atoms. The average Bonchev–Trinajstić information content (AvgIpc) is 2.64. The lowest BCUT2D eigenvalue weighted by Crippen LogP contribution is -2.58. The summed E-state index contributed by atoms with van der Waals surface area (Å²) in [4.78, 5) is 37.0. The van der Waals surface area contributed by atoms with Gasteiger partial charge in [0.2, 0.25) is 0 Å². The van der Waals surface area contributed by atoms with Gasteiger partial charge in [-0.1, -0.05) is 23.2 Å². The number of hydrogen-bond acceptors (Lipinski definition) is 4.